The van der Waals surface area contributed by atoms with Gasteiger partial charge in [0.25, 0.3) is 0 Å². The van der Waals surface area contributed by atoms with Crippen LogP contribution < -0.4 is 5.32 Å². The van der Waals surface area contributed by atoms with Crippen molar-refractivity contribution in [3.05, 3.63) is 34.9 Å². The molecule has 0 aromatic heterocycles. The second kappa shape index (κ2) is 5.39. The molecule has 2 atom stereocenters. The average Bonchev–Trinajstić information content (AvgIpc) is 2.28. The standard InChI is InChI=1S/C13H19F2N/c1-5-8(2)13(16-4)11-10(14)7-6-9(3)12(11)15/h6-8,13,16H,5H2,1-4H3. The zero-order chi connectivity index (χ0) is 12.3. The number of hydrogen-bond acceptors (Lipinski definition) is 1. The minimum Gasteiger partial charge on any atom is -0.313 e. The molecule has 16 heavy (non-hydrogen) atoms. The van der Waals surface area contributed by atoms with Crippen molar-refractivity contribution in [2.24, 2.45) is 5.92 Å². The van der Waals surface area contributed by atoms with Crippen LogP contribution in [0.3, 0.4) is 0 Å². The van der Waals surface area contributed by atoms with Crippen LogP contribution in [-0.4, -0.2) is 7.05 Å². The molecule has 0 bridgehead atoms. The van der Waals surface area contributed by atoms with Crippen LogP contribution in [0.2, 0.25) is 0 Å². The number of halogens is 2. The van der Waals surface area contributed by atoms with Crippen LogP contribution in [0.15, 0.2) is 12.1 Å². The number of benzene rings is 1. The zero-order valence-corrected chi connectivity index (χ0v) is 10.3. The van der Waals surface area contributed by atoms with Crippen LogP contribution >= 0.6 is 0 Å². The fourth-order valence-electron chi connectivity index (χ4n) is 1.91. The van der Waals surface area contributed by atoms with Gasteiger partial charge in [-0.25, -0.2) is 8.78 Å². The molecule has 0 spiro atoms. The van der Waals surface area contributed by atoms with Gasteiger partial charge in [0.1, 0.15) is 11.6 Å². The van der Waals surface area contributed by atoms with Gasteiger partial charge in [0.2, 0.25) is 0 Å². The van der Waals surface area contributed by atoms with E-state index in [-0.39, 0.29) is 17.5 Å². The van der Waals surface area contributed by atoms with Crippen molar-refractivity contribution in [1.29, 1.82) is 0 Å². The molecule has 3 heteroatoms. The predicted octanol–water partition coefficient (Wildman–Crippen LogP) is 3.58. The summed E-state index contributed by atoms with van der Waals surface area (Å²) in [6, 6.07) is 2.53. The van der Waals surface area contributed by atoms with Crippen LogP contribution in [0.5, 0.6) is 0 Å². The van der Waals surface area contributed by atoms with E-state index in [0.717, 1.165) is 6.42 Å². The highest BCUT2D eigenvalue weighted by Gasteiger charge is 2.24. The molecule has 1 aromatic rings. The molecule has 1 rings (SSSR count). The third-order valence-electron chi connectivity index (χ3n) is 3.15. The zero-order valence-electron chi connectivity index (χ0n) is 10.3. The molecule has 90 valence electrons. The lowest BCUT2D eigenvalue weighted by molar-refractivity contribution is 0.371. The van der Waals surface area contributed by atoms with Gasteiger partial charge in [0, 0.05) is 11.6 Å². The van der Waals surface area contributed by atoms with E-state index in [0.29, 0.717) is 5.56 Å². The van der Waals surface area contributed by atoms with Gasteiger partial charge in [-0.1, -0.05) is 26.3 Å². The summed E-state index contributed by atoms with van der Waals surface area (Å²) >= 11 is 0. The smallest absolute Gasteiger partial charge is 0.133 e. The first-order valence-electron chi connectivity index (χ1n) is 5.64. The summed E-state index contributed by atoms with van der Waals surface area (Å²) < 4.78 is 27.6. The van der Waals surface area contributed by atoms with Crippen LogP contribution in [-0.2, 0) is 0 Å². The van der Waals surface area contributed by atoms with Crippen LogP contribution in [0, 0.1) is 24.5 Å². The van der Waals surface area contributed by atoms with Crippen molar-refractivity contribution >= 4 is 0 Å². The molecule has 2 unspecified atom stereocenters. The van der Waals surface area contributed by atoms with Crippen molar-refractivity contribution in [3.8, 4) is 0 Å². The molecule has 1 nitrogen and oxygen atoms in total. The molecule has 0 aliphatic heterocycles. The first-order chi connectivity index (χ1) is 7.52. The molecule has 0 fully saturated rings. The second-order valence-corrected chi connectivity index (χ2v) is 4.24. The molecule has 1 aromatic carbocycles. The molecule has 0 saturated heterocycles. The summed E-state index contributed by atoms with van der Waals surface area (Å²) in [5.41, 5.74) is 0.650. The molecule has 1 N–H and O–H groups in total. The van der Waals surface area contributed by atoms with Crippen molar-refractivity contribution < 1.29 is 8.78 Å². The van der Waals surface area contributed by atoms with Crippen molar-refractivity contribution in [2.75, 3.05) is 7.05 Å². The van der Waals surface area contributed by atoms with E-state index in [2.05, 4.69) is 5.32 Å². The normalized spacial score (nSPS) is 14.9. The van der Waals surface area contributed by atoms with E-state index in [1.54, 1.807) is 14.0 Å². The van der Waals surface area contributed by atoms with Gasteiger partial charge in [-0.15, -0.1) is 0 Å². The number of aryl methyl sites for hydroxylation is 1. The highest BCUT2D eigenvalue weighted by molar-refractivity contribution is 5.29. The molecule has 0 aliphatic rings. The topological polar surface area (TPSA) is 12.0 Å². The lowest BCUT2D eigenvalue weighted by atomic mass is 9.91. The Labute approximate surface area is 95.9 Å². The van der Waals surface area contributed by atoms with Gasteiger partial charge in [0.05, 0.1) is 0 Å². The van der Waals surface area contributed by atoms with Gasteiger partial charge in [-0.05, 0) is 31.5 Å². The van der Waals surface area contributed by atoms with Crippen LogP contribution in [0.4, 0.5) is 8.78 Å². The first-order valence-corrected chi connectivity index (χ1v) is 5.64. The van der Waals surface area contributed by atoms with Gasteiger partial charge in [0.15, 0.2) is 0 Å². The third kappa shape index (κ3) is 2.40. The van der Waals surface area contributed by atoms with E-state index in [1.165, 1.54) is 12.1 Å². The molecule has 0 saturated carbocycles. The summed E-state index contributed by atoms with van der Waals surface area (Å²) in [7, 11) is 1.73. The molecular weight excluding hydrogens is 208 g/mol. The maximum atomic E-state index is 13.9. The Morgan fingerprint density at radius 2 is 1.94 bits per heavy atom. The van der Waals surface area contributed by atoms with Crippen molar-refractivity contribution in [3.63, 3.8) is 0 Å². The van der Waals surface area contributed by atoms with Crippen LogP contribution in [0.1, 0.15) is 37.4 Å². The molecule has 0 heterocycles. The van der Waals surface area contributed by atoms with E-state index in [9.17, 15) is 8.78 Å². The third-order valence-corrected chi connectivity index (χ3v) is 3.15. The Bertz CT molecular complexity index is 363. The Hall–Kier alpha value is -0.960. The molecule has 0 aliphatic carbocycles. The Kier molecular flexibility index (Phi) is 4.42. The van der Waals surface area contributed by atoms with Gasteiger partial charge < -0.3 is 5.32 Å². The largest absolute Gasteiger partial charge is 0.313 e. The Morgan fingerprint density at radius 1 is 1.31 bits per heavy atom. The van der Waals surface area contributed by atoms with Crippen LogP contribution in [0.25, 0.3) is 0 Å². The quantitative estimate of drug-likeness (QED) is 0.829. The summed E-state index contributed by atoms with van der Waals surface area (Å²) in [4.78, 5) is 0. The van der Waals surface area contributed by atoms with Gasteiger partial charge in [-0.3, -0.25) is 0 Å². The maximum Gasteiger partial charge on any atom is 0.133 e. The number of rotatable bonds is 4. The highest BCUT2D eigenvalue weighted by atomic mass is 19.1. The lowest BCUT2D eigenvalue weighted by Crippen LogP contribution is -2.25. The van der Waals surface area contributed by atoms with Gasteiger partial charge >= 0.3 is 0 Å². The van der Waals surface area contributed by atoms with E-state index in [1.807, 2.05) is 13.8 Å². The molecule has 0 amide bonds. The minimum absolute atomic E-state index is 0.164. The second-order valence-electron chi connectivity index (χ2n) is 4.24. The minimum atomic E-state index is -0.470. The Morgan fingerprint density at radius 3 is 2.44 bits per heavy atom. The monoisotopic (exact) mass is 227 g/mol. The highest BCUT2D eigenvalue weighted by Crippen LogP contribution is 2.29. The predicted molar refractivity (Wildman–Crippen MR) is 62.4 cm³/mol. The summed E-state index contributed by atoms with van der Waals surface area (Å²) in [6.45, 7) is 5.66. The van der Waals surface area contributed by atoms with Crippen molar-refractivity contribution in [1.82, 2.24) is 5.32 Å². The van der Waals surface area contributed by atoms with Crippen molar-refractivity contribution in [2.45, 2.75) is 33.2 Å². The van der Waals surface area contributed by atoms with E-state index < -0.39 is 11.6 Å². The van der Waals surface area contributed by atoms with Gasteiger partial charge in [-0.2, -0.15) is 0 Å². The number of hydrogen-bond donors (Lipinski definition) is 1. The number of nitrogens with one attached hydrogen (secondary N) is 1. The first kappa shape index (κ1) is 13.1. The average molecular weight is 227 g/mol. The maximum absolute atomic E-state index is 13.9. The van der Waals surface area contributed by atoms with E-state index >= 15 is 0 Å². The lowest BCUT2D eigenvalue weighted by Gasteiger charge is -2.24. The summed E-state index contributed by atoms with van der Waals surface area (Å²) in [6.07, 6.45) is 0.873. The van der Waals surface area contributed by atoms with E-state index in [4.69, 9.17) is 0 Å². The molecular formula is C13H19F2N. The SMILES string of the molecule is CCC(C)C(NC)c1c(F)ccc(C)c1F. The Balaban J connectivity index is 3.23. The fourth-order valence-corrected chi connectivity index (χ4v) is 1.91. The molecule has 0 radical (unpaired) electrons. The fraction of sp³-hybridized carbons (Fsp3) is 0.538. The summed E-state index contributed by atoms with van der Waals surface area (Å²) in [5, 5.41) is 3.00. The summed E-state index contributed by atoms with van der Waals surface area (Å²) in [5.74, 6) is -0.710.